The van der Waals surface area contributed by atoms with E-state index in [1.54, 1.807) is 10.9 Å². The van der Waals surface area contributed by atoms with E-state index in [4.69, 9.17) is 0 Å². The van der Waals surface area contributed by atoms with Gasteiger partial charge in [-0.25, -0.2) is 4.98 Å². The minimum Gasteiger partial charge on any atom is -0.353 e. The van der Waals surface area contributed by atoms with Crippen molar-refractivity contribution in [2.75, 3.05) is 0 Å². The average Bonchev–Trinajstić information content (AvgIpc) is 3.70. The van der Waals surface area contributed by atoms with Crippen LogP contribution in [0.3, 0.4) is 0 Å². The molecule has 1 unspecified atom stereocenters. The number of nitrogens with zero attached hydrogens (tertiary/aromatic N) is 2. The normalized spacial score (nSPS) is 16.0. The van der Waals surface area contributed by atoms with Crippen molar-refractivity contribution in [2.24, 2.45) is 0 Å². The van der Waals surface area contributed by atoms with Gasteiger partial charge in [0.2, 0.25) is 5.91 Å². The lowest BCUT2D eigenvalue weighted by molar-refractivity contribution is -0.120. The molecular weight excluding hydrogens is 434 g/mol. The van der Waals surface area contributed by atoms with Crippen molar-refractivity contribution in [3.63, 3.8) is 0 Å². The van der Waals surface area contributed by atoms with Gasteiger partial charge in [0.1, 0.15) is 0 Å². The van der Waals surface area contributed by atoms with E-state index in [1.807, 2.05) is 68.5 Å². The summed E-state index contributed by atoms with van der Waals surface area (Å²) in [7, 11) is 0. The minimum atomic E-state index is -0.0485. The third-order valence-electron chi connectivity index (χ3n) is 6.23. The molecule has 0 aliphatic heterocycles. The summed E-state index contributed by atoms with van der Waals surface area (Å²) in [6.07, 6.45) is 12.1. The Morgan fingerprint density at radius 2 is 1.86 bits per heavy atom. The third-order valence-corrected chi connectivity index (χ3v) is 6.23. The Hall–Kier alpha value is -3.73. The average molecular weight is 468 g/mol. The lowest BCUT2D eigenvalue weighted by Gasteiger charge is -2.14. The summed E-state index contributed by atoms with van der Waals surface area (Å²) in [6.45, 7) is 6.57. The van der Waals surface area contributed by atoms with Crippen LogP contribution in [0.5, 0.6) is 0 Å². The number of carbonyl (C=O) groups is 1. The zero-order valence-corrected chi connectivity index (χ0v) is 20.7. The van der Waals surface area contributed by atoms with Crippen molar-refractivity contribution < 1.29 is 4.79 Å². The molecule has 5 heteroatoms. The van der Waals surface area contributed by atoms with Crippen LogP contribution in [0.2, 0.25) is 0 Å². The molecule has 1 amide bonds. The predicted octanol–water partition coefficient (Wildman–Crippen LogP) is 3.36. The van der Waals surface area contributed by atoms with Gasteiger partial charge in [-0.05, 0) is 54.2 Å². The van der Waals surface area contributed by atoms with Gasteiger partial charge < -0.3 is 5.32 Å². The Labute approximate surface area is 206 Å². The molecule has 0 saturated heterocycles. The minimum absolute atomic E-state index is 0.0224. The van der Waals surface area contributed by atoms with Crippen LogP contribution in [0.25, 0.3) is 12.2 Å². The number of hydrogen-bond acceptors (Lipinski definition) is 3. The van der Waals surface area contributed by atoms with E-state index in [0.29, 0.717) is 29.6 Å². The summed E-state index contributed by atoms with van der Waals surface area (Å²) in [6, 6.07) is 16.5. The molecule has 35 heavy (non-hydrogen) atoms. The molecule has 0 bridgehead atoms. The van der Waals surface area contributed by atoms with Crippen LogP contribution in [-0.4, -0.2) is 21.5 Å². The number of rotatable bonds is 6. The van der Waals surface area contributed by atoms with Gasteiger partial charge >= 0.3 is 0 Å². The SMILES string of the molecule is CC.Cc1ccc(CC(=O)NC2CC2)cc1C1C=CC=c2c(ncn(Cc3ccccc3)c2=O)=C1. The number of aryl methyl sites for hydroxylation is 1. The van der Waals surface area contributed by atoms with E-state index >= 15 is 0 Å². The van der Waals surface area contributed by atoms with Gasteiger partial charge in [-0.1, -0.05) is 74.5 Å². The van der Waals surface area contributed by atoms with Crippen LogP contribution in [0.1, 0.15) is 54.9 Å². The molecule has 180 valence electrons. The summed E-state index contributed by atoms with van der Waals surface area (Å²) >= 11 is 0. The number of carbonyl (C=O) groups excluding carboxylic acids is 1. The molecule has 0 radical (unpaired) electrons. The van der Waals surface area contributed by atoms with Crippen LogP contribution in [0, 0.1) is 6.92 Å². The monoisotopic (exact) mass is 467 g/mol. The molecule has 5 nitrogen and oxygen atoms in total. The fourth-order valence-corrected chi connectivity index (χ4v) is 4.24. The van der Waals surface area contributed by atoms with Crippen LogP contribution in [-0.2, 0) is 17.8 Å². The second kappa shape index (κ2) is 11.1. The van der Waals surface area contributed by atoms with E-state index in [-0.39, 0.29) is 17.4 Å². The van der Waals surface area contributed by atoms with Crippen molar-refractivity contribution in [1.29, 1.82) is 0 Å². The summed E-state index contributed by atoms with van der Waals surface area (Å²) in [5, 5.41) is 4.35. The molecule has 1 saturated carbocycles. The van der Waals surface area contributed by atoms with Gasteiger partial charge in [0.05, 0.1) is 29.9 Å². The number of amides is 1. The lowest BCUT2D eigenvalue weighted by atomic mass is 9.91. The zero-order valence-electron chi connectivity index (χ0n) is 20.7. The van der Waals surface area contributed by atoms with Gasteiger partial charge in [0.15, 0.2) is 0 Å². The van der Waals surface area contributed by atoms with Crippen molar-refractivity contribution in [3.05, 3.63) is 110 Å². The second-order valence-corrected chi connectivity index (χ2v) is 8.92. The number of nitrogens with one attached hydrogen (secondary N) is 1. The highest BCUT2D eigenvalue weighted by Crippen LogP contribution is 2.25. The molecule has 2 aromatic carbocycles. The van der Waals surface area contributed by atoms with E-state index in [9.17, 15) is 9.59 Å². The number of fused-ring (bicyclic) bond motifs is 1. The van der Waals surface area contributed by atoms with E-state index < -0.39 is 0 Å². The molecule has 1 N–H and O–H groups in total. The van der Waals surface area contributed by atoms with Gasteiger partial charge in [-0.15, -0.1) is 0 Å². The van der Waals surface area contributed by atoms with E-state index in [0.717, 1.165) is 35.1 Å². The molecule has 1 fully saturated rings. The standard InChI is InChI=1S/C28H27N3O2.C2H6/c1-19-10-11-21(15-27(32)30-23-12-13-23)14-25(19)22-8-5-9-24-26(16-22)29-18-31(28(24)33)17-20-6-3-2-4-7-20;1-2/h2-11,14,16,18,22-23H,12-13,15,17H2,1H3,(H,30,32);1-2H3. The smallest absolute Gasteiger partial charge is 0.261 e. The maximum Gasteiger partial charge on any atom is 0.261 e. The Morgan fingerprint density at radius 1 is 1.09 bits per heavy atom. The molecule has 1 aromatic heterocycles. The largest absolute Gasteiger partial charge is 0.353 e. The highest BCUT2D eigenvalue weighted by atomic mass is 16.1. The highest BCUT2D eigenvalue weighted by molar-refractivity contribution is 5.79. The predicted molar refractivity (Wildman–Crippen MR) is 141 cm³/mol. The first-order valence-corrected chi connectivity index (χ1v) is 12.5. The van der Waals surface area contributed by atoms with Crippen LogP contribution in [0.4, 0.5) is 0 Å². The molecule has 1 atom stereocenters. The lowest BCUT2D eigenvalue weighted by Crippen LogP contribution is -2.46. The highest BCUT2D eigenvalue weighted by Gasteiger charge is 2.23. The molecular formula is C30H33N3O2. The number of hydrogen-bond donors (Lipinski definition) is 1. The van der Waals surface area contributed by atoms with Gasteiger partial charge in [0.25, 0.3) is 5.56 Å². The Balaban J connectivity index is 0.00000141. The van der Waals surface area contributed by atoms with Crippen molar-refractivity contribution in [1.82, 2.24) is 14.9 Å². The van der Waals surface area contributed by atoms with Gasteiger partial charge in [-0.3, -0.25) is 14.2 Å². The molecule has 1 heterocycles. The van der Waals surface area contributed by atoms with Crippen molar-refractivity contribution >= 4 is 18.1 Å². The molecule has 5 rings (SSSR count). The first kappa shape index (κ1) is 24.4. The fraction of sp³-hybridized carbons (Fsp3) is 0.300. The summed E-state index contributed by atoms with van der Waals surface area (Å²) in [4.78, 5) is 30.0. The quantitative estimate of drug-likeness (QED) is 0.605. The topological polar surface area (TPSA) is 64.0 Å². The molecule has 2 aliphatic carbocycles. The maximum atomic E-state index is 13.1. The second-order valence-electron chi connectivity index (χ2n) is 8.92. The summed E-state index contributed by atoms with van der Waals surface area (Å²) < 4.78 is 1.65. The summed E-state index contributed by atoms with van der Waals surface area (Å²) in [5.41, 5.74) is 4.28. The van der Waals surface area contributed by atoms with Crippen LogP contribution in [0.15, 0.2) is 71.8 Å². The molecule has 3 aromatic rings. The Kier molecular flexibility index (Phi) is 7.76. The number of aromatic nitrogens is 2. The first-order chi connectivity index (χ1) is 17.1. The van der Waals surface area contributed by atoms with Gasteiger partial charge in [-0.2, -0.15) is 0 Å². The maximum absolute atomic E-state index is 13.1. The van der Waals surface area contributed by atoms with E-state index in [2.05, 4.69) is 35.4 Å². The third kappa shape index (κ3) is 6.04. The summed E-state index contributed by atoms with van der Waals surface area (Å²) in [5.74, 6) is 0.0535. The fourth-order valence-electron chi connectivity index (χ4n) is 4.24. The van der Waals surface area contributed by atoms with Crippen LogP contribution < -0.4 is 21.4 Å². The Bertz CT molecular complexity index is 1400. The zero-order chi connectivity index (χ0) is 24.8. The number of benzene rings is 2. The van der Waals surface area contributed by atoms with Crippen molar-refractivity contribution in [3.8, 4) is 0 Å². The van der Waals surface area contributed by atoms with Gasteiger partial charge in [0, 0.05) is 12.0 Å². The van der Waals surface area contributed by atoms with E-state index in [1.165, 1.54) is 0 Å². The number of allylic oxidation sites excluding steroid dienone is 2. The van der Waals surface area contributed by atoms with Crippen molar-refractivity contribution in [2.45, 2.75) is 58.5 Å². The Morgan fingerprint density at radius 3 is 2.60 bits per heavy atom. The van der Waals surface area contributed by atoms with Crippen LogP contribution >= 0.6 is 0 Å². The molecule has 0 spiro atoms. The molecule has 2 aliphatic rings. The first-order valence-electron chi connectivity index (χ1n) is 12.5.